The van der Waals surface area contributed by atoms with Crippen molar-refractivity contribution in [1.82, 2.24) is 0 Å². The molecule has 1 aromatic carbocycles. The average molecular weight is 312 g/mol. The van der Waals surface area contributed by atoms with Gasteiger partial charge in [-0.2, -0.15) is 0 Å². The van der Waals surface area contributed by atoms with Crippen molar-refractivity contribution in [3.63, 3.8) is 0 Å². The van der Waals surface area contributed by atoms with Crippen LogP contribution in [0.25, 0.3) is 0 Å². The van der Waals surface area contributed by atoms with Crippen LogP contribution in [0.4, 0.5) is 11.4 Å². The van der Waals surface area contributed by atoms with Crippen LogP contribution >= 0.6 is 11.3 Å². The van der Waals surface area contributed by atoms with Gasteiger partial charge in [0, 0.05) is 35.9 Å². The van der Waals surface area contributed by atoms with Gasteiger partial charge < -0.3 is 9.80 Å². The molecule has 1 amide bonds. The molecule has 22 heavy (non-hydrogen) atoms. The van der Waals surface area contributed by atoms with Crippen molar-refractivity contribution in [3.8, 4) is 0 Å². The van der Waals surface area contributed by atoms with E-state index in [1.54, 1.807) is 11.3 Å². The highest BCUT2D eigenvalue weighted by Crippen LogP contribution is 2.33. The Hall–Kier alpha value is -1.81. The third-order valence-electron chi connectivity index (χ3n) is 4.64. The first-order valence-corrected chi connectivity index (χ1v) is 8.90. The lowest BCUT2D eigenvalue weighted by Crippen LogP contribution is -2.30. The summed E-state index contributed by atoms with van der Waals surface area (Å²) < 4.78 is 0. The second-order valence-corrected chi connectivity index (χ2v) is 7.09. The quantitative estimate of drug-likeness (QED) is 0.866. The Morgan fingerprint density at radius 3 is 2.77 bits per heavy atom. The SMILES string of the molecule is O=C(Cc1cccs1)N1CCc2cc(N3CCCC3)ccc21. The highest BCUT2D eigenvalue weighted by atomic mass is 32.1. The van der Waals surface area contributed by atoms with Crippen LogP contribution in [0.5, 0.6) is 0 Å². The Bertz CT molecular complexity index is 674. The molecule has 4 rings (SSSR count). The zero-order valence-corrected chi connectivity index (χ0v) is 13.4. The molecule has 0 N–H and O–H groups in total. The van der Waals surface area contributed by atoms with Gasteiger partial charge in [0.1, 0.15) is 0 Å². The summed E-state index contributed by atoms with van der Waals surface area (Å²) in [5.41, 5.74) is 3.76. The molecule has 1 aromatic heterocycles. The molecule has 4 heteroatoms. The van der Waals surface area contributed by atoms with Crippen molar-refractivity contribution in [2.24, 2.45) is 0 Å². The highest BCUT2D eigenvalue weighted by Gasteiger charge is 2.25. The summed E-state index contributed by atoms with van der Waals surface area (Å²) in [5, 5.41) is 2.03. The van der Waals surface area contributed by atoms with Crippen molar-refractivity contribution in [2.45, 2.75) is 25.7 Å². The summed E-state index contributed by atoms with van der Waals surface area (Å²) in [6.07, 6.45) is 4.09. The number of anilines is 2. The zero-order valence-electron chi connectivity index (χ0n) is 12.6. The van der Waals surface area contributed by atoms with Gasteiger partial charge in [-0.1, -0.05) is 6.07 Å². The lowest BCUT2D eigenvalue weighted by molar-refractivity contribution is -0.117. The molecule has 0 radical (unpaired) electrons. The molecule has 2 aliphatic heterocycles. The van der Waals surface area contributed by atoms with E-state index in [9.17, 15) is 4.79 Å². The summed E-state index contributed by atoms with van der Waals surface area (Å²) in [4.78, 5) is 18.1. The van der Waals surface area contributed by atoms with Gasteiger partial charge in [-0.25, -0.2) is 0 Å². The number of hydrogen-bond donors (Lipinski definition) is 0. The van der Waals surface area contributed by atoms with E-state index in [-0.39, 0.29) is 5.91 Å². The summed E-state index contributed by atoms with van der Waals surface area (Å²) in [6.45, 7) is 3.16. The maximum Gasteiger partial charge on any atom is 0.232 e. The van der Waals surface area contributed by atoms with Gasteiger partial charge in [0.05, 0.1) is 6.42 Å². The van der Waals surface area contributed by atoms with Crippen LogP contribution in [0.1, 0.15) is 23.3 Å². The summed E-state index contributed by atoms with van der Waals surface area (Å²) >= 11 is 1.66. The maximum atomic E-state index is 12.5. The van der Waals surface area contributed by atoms with E-state index in [1.807, 2.05) is 22.4 Å². The monoisotopic (exact) mass is 312 g/mol. The number of thiophene rings is 1. The van der Waals surface area contributed by atoms with Gasteiger partial charge >= 0.3 is 0 Å². The Morgan fingerprint density at radius 2 is 2.00 bits per heavy atom. The van der Waals surface area contributed by atoms with Crippen molar-refractivity contribution in [2.75, 3.05) is 29.4 Å². The molecule has 1 fully saturated rings. The number of hydrogen-bond acceptors (Lipinski definition) is 3. The normalized spacial score (nSPS) is 17.1. The van der Waals surface area contributed by atoms with Crippen LogP contribution in [0.2, 0.25) is 0 Å². The summed E-state index contributed by atoms with van der Waals surface area (Å²) in [7, 11) is 0. The maximum absolute atomic E-state index is 12.5. The molecular formula is C18H20N2OS. The minimum atomic E-state index is 0.218. The fourth-order valence-corrected chi connectivity index (χ4v) is 4.17. The van der Waals surface area contributed by atoms with Crippen molar-refractivity contribution in [1.29, 1.82) is 0 Å². The van der Waals surface area contributed by atoms with Gasteiger partial charge in [0.25, 0.3) is 0 Å². The first-order valence-electron chi connectivity index (χ1n) is 8.02. The number of carbonyl (C=O) groups is 1. The van der Waals surface area contributed by atoms with Crippen molar-refractivity contribution >= 4 is 28.6 Å². The van der Waals surface area contributed by atoms with E-state index in [0.717, 1.165) is 23.5 Å². The number of fused-ring (bicyclic) bond motifs is 1. The van der Waals surface area contributed by atoms with Crippen molar-refractivity contribution in [3.05, 3.63) is 46.2 Å². The van der Waals surface area contributed by atoms with Gasteiger partial charge in [-0.15, -0.1) is 11.3 Å². The Labute approximate surface area is 135 Å². The number of benzene rings is 1. The van der Waals surface area contributed by atoms with Crippen LogP contribution in [0.3, 0.4) is 0 Å². The second kappa shape index (κ2) is 5.76. The molecule has 0 bridgehead atoms. The average Bonchev–Trinajstić information content (AvgIpc) is 3.27. The van der Waals surface area contributed by atoms with Crippen LogP contribution in [0.15, 0.2) is 35.7 Å². The second-order valence-electron chi connectivity index (χ2n) is 6.06. The molecule has 2 aliphatic rings. The molecular weight excluding hydrogens is 292 g/mol. The minimum Gasteiger partial charge on any atom is -0.372 e. The van der Waals surface area contributed by atoms with E-state index in [2.05, 4.69) is 23.1 Å². The van der Waals surface area contributed by atoms with Crippen LogP contribution in [-0.2, 0) is 17.6 Å². The van der Waals surface area contributed by atoms with E-state index in [0.29, 0.717) is 6.42 Å². The summed E-state index contributed by atoms with van der Waals surface area (Å²) in [6, 6.07) is 10.7. The number of carbonyl (C=O) groups excluding carboxylic acids is 1. The zero-order chi connectivity index (χ0) is 14.9. The van der Waals surface area contributed by atoms with Gasteiger partial charge in [-0.05, 0) is 54.5 Å². The molecule has 2 aromatic rings. The molecule has 0 saturated carbocycles. The number of nitrogens with zero attached hydrogens (tertiary/aromatic N) is 2. The summed E-state index contributed by atoms with van der Waals surface area (Å²) in [5.74, 6) is 0.218. The first kappa shape index (κ1) is 13.8. The van der Waals surface area contributed by atoms with Crippen molar-refractivity contribution < 1.29 is 4.79 Å². The molecule has 3 nitrogen and oxygen atoms in total. The van der Waals surface area contributed by atoms with Gasteiger partial charge in [0.15, 0.2) is 0 Å². The van der Waals surface area contributed by atoms with Crippen LogP contribution in [-0.4, -0.2) is 25.5 Å². The fraction of sp³-hybridized carbons (Fsp3) is 0.389. The standard InChI is InChI=1S/C18H20N2OS/c21-18(13-16-4-3-11-22-16)20-10-7-14-12-15(5-6-17(14)20)19-8-1-2-9-19/h3-6,11-12H,1-2,7-10,13H2. The Kier molecular flexibility index (Phi) is 3.62. The highest BCUT2D eigenvalue weighted by molar-refractivity contribution is 7.10. The molecule has 114 valence electrons. The molecule has 0 unspecified atom stereocenters. The fourth-order valence-electron chi connectivity index (χ4n) is 3.48. The Balaban J connectivity index is 1.53. The van der Waals surface area contributed by atoms with E-state index in [4.69, 9.17) is 0 Å². The van der Waals surface area contributed by atoms with E-state index in [1.165, 1.54) is 37.2 Å². The first-order chi connectivity index (χ1) is 10.8. The van der Waals surface area contributed by atoms with E-state index < -0.39 is 0 Å². The lowest BCUT2D eigenvalue weighted by Gasteiger charge is -2.20. The lowest BCUT2D eigenvalue weighted by atomic mass is 10.1. The molecule has 1 saturated heterocycles. The smallest absolute Gasteiger partial charge is 0.232 e. The van der Waals surface area contributed by atoms with E-state index >= 15 is 0 Å². The third-order valence-corrected chi connectivity index (χ3v) is 5.51. The topological polar surface area (TPSA) is 23.6 Å². The number of rotatable bonds is 3. The molecule has 3 heterocycles. The van der Waals surface area contributed by atoms with Gasteiger partial charge in [-0.3, -0.25) is 4.79 Å². The number of amides is 1. The molecule has 0 atom stereocenters. The predicted octanol–water partition coefficient (Wildman–Crippen LogP) is 3.48. The van der Waals surface area contributed by atoms with Crippen LogP contribution < -0.4 is 9.80 Å². The van der Waals surface area contributed by atoms with Gasteiger partial charge in [0.2, 0.25) is 5.91 Å². The Morgan fingerprint density at radius 1 is 1.14 bits per heavy atom. The van der Waals surface area contributed by atoms with Crippen LogP contribution in [0, 0.1) is 0 Å². The minimum absolute atomic E-state index is 0.218. The molecule has 0 spiro atoms. The largest absolute Gasteiger partial charge is 0.372 e. The predicted molar refractivity (Wildman–Crippen MR) is 92.0 cm³/mol. The third kappa shape index (κ3) is 2.52. The molecule has 0 aliphatic carbocycles.